The fourth-order valence-corrected chi connectivity index (χ4v) is 1.53. The first-order valence-corrected chi connectivity index (χ1v) is 5.60. The number of nitrogen functional groups attached to an aromatic ring is 1. The van der Waals surface area contributed by atoms with Gasteiger partial charge in [-0.2, -0.15) is 0 Å². The van der Waals surface area contributed by atoms with Crippen molar-refractivity contribution >= 4 is 17.8 Å². The van der Waals surface area contributed by atoms with E-state index >= 15 is 0 Å². The normalized spacial score (nSPS) is 11.1. The average molecular weight is 260 g/mol. The SMILES string of the molecule is Nc1ccc(/C=C/c2ccc(ON(O)F)cc2)cc1. The number of hydrogen-bond acceptors (Lipinski definition) is 4. The maximum atomic E-state index is 12.0. The zero-order valence-corrected chi connectivity index (χ0v) is 10.0. The van der Waals surface area contributed by atoms with E-state index in [1.807, 2.05) is 36.4 Å². The molecule has 0 aromatic heterocycles. The van der Waals surface area contributed by atoms with Crippen LogP contribution in [0.5, 0.6) is 5.75 Å². The van der Waals surface area contributed by atoms with Crippen molar-refractivity contribution in [1.29, 1.82) is 0 Å². The van der Waals surface area contributed by atoms with E-state index in [9.17, 15) is 4.48 Å². The van der Waals surface area contributed by atoms with Crippen molar-refractivity contribution in [3.8, 4) is 5.75 Å². The Balaban J connectivity index is 2.04. The van der Waals surface area contributed by atoms with Crippen LogP contribution in [0.1, 0.15) is 11.1 Å². The molecular weight excluding hydrogens is 247 g/mol. The van der Waals surface area contributed by atoms with Gasteiger partial charge in [0.2, 0.25) is 0 Å². The fraction of sp³-hybridized carbons (Fsp3) is 0. The molecule has 2 rings (SSSR count). The van der Waals surface area contributed by atoms with E-state index in [2.05, 4.69) is 4.84 Å². The van der Waals surface area contributed by atoms with Crippen molar-refractivity contribution < 1.29 is 14.5 Å². The average Bonchev–Trinajstić information content (AvgIpc) is 2.39. The van der Waals surface area contributed by atoms with Crippen molar-refractivity contribution in [3.05, 3.63) is 59.7 Å². The highest BCUT2D eigenvalue weighted by Crippen LogP contribution is 2.15. The molecule has 0 aliphatic rings. The molecule has 2 aromatic carbocycles. The third kappa shape index (κ3) is 4.09. The predicted molar refractivity (Wildman–Crippen MR) is 71.6 cm³/mol. The third-order valence-electron chi connectivity index (χ3n) is 2.47. The van der Waals surface area contributed by atoms with E-state index in [0.29, 0.717) is 0 Å². The Bertz CT molecular complexity index is 551. The monoisotopic (exact) mass is 260 g/mol. The summed E-state index contributed by atoms with van der Waals surface area (Å²) in [5, 5.41) is 8.27. The van der Waals surface area contributed by atoms with E-state index in [0.717, 1.165) is 16.8 Å². The number of rotatable bonds is 4. The second kappa shape index (κ2) is 5.99. The van der Waals surface area contributed by atoms with Crippen LogP contribution < -0.4 is 10.6 Å². The minimum Gasteiger partial charge on any atom is -0.399 e. The van der Waals surface area contributed by atoms with E-state index < -0.39 is 5.45 Å². The van der Waals surface area contributed by atoms with Gasteiger partial charge in [0, 0.05) is 5.69 Å². The molecular formula is C14H13FN2O2. The molecule has 0 radical (unpaired) electrons. The number of halogens is 1. The molecule has 5 heteroatoms. The van der Waals surface area contributed by atoms with Crippen molar-refractivity contribution in [1.82, 2.24) is 5.45 Å². The second-order valence-corrected chi connectivity index (χ2v) is 3.89. The molecule has 98 valence electrons. The van der Waals surface area contributed by atoms with Gasteiger partial charge in [0.15, 0.2) is 11.2 Å². The van der Waals surface area contributed by atoms with Crippen LogP contribution in [0.25, 0.3) is 12.2 Å². The van der Waals surface area contributed by atoms with E-state index in [1.165, 1.54) is 0 Å². The van der Waals surface area contributed by atoms with Gasteiger partial charge in [-0.3, -0.25) is 5.21 Å². The van der Waals surface area contributed by atoms with Gasteiger partial charge in [-0.05, 0) is 35.4 Å². The molecule has 0 spiro atoms. The summed E-state index contributed by atoms with van der Waals surface area (Å²) in [5.74, 6) is 0.203. The number of benzene rings is 2. The Morgan fingerprint density at radius 1 is 0.947 bits per heavy atom. The van der Waals surface area contributed by atoms with Crippen LogP contribution in [0.3, 0.4) is 0 Å². The summed E-state index contributed by atoms with van der Waals surface area (Å²) >= 11 is 0. The molecule has 0 aliphatic carbocycles. The van der Waals surface area contributed by atoms with Crippen LogP contribution in [0.4, 0.5) is 10.2 Å². The molecule has 19 heavy (non-hydrogen) atoms. The number of nitrogens with two attached hydrogens (primary N) is 1. The maximum Gasteiger partial charge on any atom is 0.167 e. The molecule has 4 nitrogen and oxygen atoms in total. The zero-order chi connectivity index (χ0) is 13.7. The first-order chi connectivity index (χ1) is 9.13. The highest BCUT2D eigenvalue weighted by atomic mass is 19.2. The lowest BCUT2D eigenvalue weighted by molar-refractivity contribution is -0.397. The minimum atomic E-state index is -0.834. The van der Waals surface area contributed by atoms with Crippen LogP contribution in [-0.4, -0.2) is 10.7 Å². The van der Waals surface area contributed by atoms with Gasteiger partial charge >= 0.3 is 0 Å². The molecule has 3 N–H and O–H groups in total. The molecule has 0 aliphatic heterocycles. The Morgan fingerprint density at radius 3 is 1.89 bits per heavy atom. The standard InChI is InChI=1S/C14H13FN2O2/c15-17(18)19-14-9-5-12(6-10-14)2-1-11-3-7-13(16)8-4-11/h1-10,18H,16H2/b2-1+. The van der Waals surface area contributed by atoms with Crippen molar-refractivity contribution in [2.75, 3.05) is 5.73 Å². The van der Waals surface area contributed by atoms with Crippen molar-refractivity contribution in [3.63, 3.8) is 0 Å². The topological polar surface area (TPSA) is 58.7 Å². The Morgan fingerprint density at radius 2 is 1.42 bits per heavy atom. The lowest BCUT2D eigenvalue weighted by Crippen LogP contribution is -2.11. The van der Waals surface area contributed by atoms with E-state index in [-0.39, 0.29) is 5.75 Å². The third-order valence-corrected chi connectivity index (χ3v) is 2.47. The first-order valence-electron chi connectivity index (χ1n) is 5.60. The summed E-state index contributed by atoms with van der Waals surface area (Å²) in [6.07, 6.45) is 3.84. The molecule has 0 saturated carbocycles. The van der Waals surface area contributed by atoms with Crippen molar-refractivity contribution in [2.45, 2.75) is 0 Å². The summed E-state index contributed by atoms with van der Waals surface area (Å²) < 4.78 is 12.0. The number of hydrogen-bond donors (Lipinski definition) is 2. The largest absolute Gasteiger partial charge is 0.399 e. The molecule has 0 unspecified atom stereocenters. The van der Waals surface area contributed by atoms with Crippen LogP contribution >= 0.6 is 0 Å². The fourth-order valence-electron chi connectivity index (χ4n) is 1.53. The molecule has 0 atom stereocenters. The van der Waals surface area contributed by atoms with Crippen LogP contribution in [-0.2, 0) is 0 Å². The Hall–Kier alpha value is -2.37. The smallest absolute Gasteiger partial charge is 0.167 e. The van der Waals surface area contributed by atoms with Crippen molar-refractivity contribution in [2.24, 2.45) is 0 Å². The number of anilines is 1. The Labute approximate surface area is 110 Å². The second-order valence-electron chi connectivity index (χ2n) is 3.89. The van der Waals surface area contributed by atoms with Gasteiger partial charge in [0.05, 0.1) is 0 Å². The predicted octanol–water partition coefficient (Wildman–Crippen LogP) is 3.31. The summed E-state index contributed by atoms with van der Waals surface area (Å²) in [6, 6.07) is 14.1. The zero-order valence-electron chi connectivity index (χ0n) is 10.0. The number of nitrogens with zero attached hydrogens (tertiary/aromatic N) is 1. The van der Waals surface area contributed by atoms with Gasteiger partial charge in [-0.25, -0.2) is 0 Å². The minimum absolute atomic E-state index is 0.203. The summed E-state index contributed by atoms with van der Waals surface area (Å²) in [7, 11) is 0. The molecule has 0 saturated heterocycles. The lowest BCUT2D eigenvalue weighted by atomic mass is 10.1. The Kier molecular flexibility index (Phi) is 4.12. The quantitative estimate of drug-likeness (QED) is 0.383. The summed E-state index contributed by atoms with van der Waals surface area (Å²) in [5.41, 5.74) is 7.44. The maximum absolute atomic E-state index is 12.0. The highest BCUT2D eigenvalue weighted by Gasteiger charge is 1.99. The molecule has 0 heterocycles. The highest BCUT2D eigenvalue weighted by molar-refractivity contribution is 5.70. The first kappa shape index (κ1) is 13.1. The lowest BCUT2D eigenvalue weighted by Gasteiger charge is -2.04. The molecule has 0 fully saturated rings. The van der Waals surface area contributed by atoms with Gasteiger partial charge in [0.1, 0.15) is 0 Å². The van der Waals surface area contributed by atoms with Crippen LogP contribution in [0, 0.1) is 0 Å². The molecule has 0 bridgehead atoms. The van der Waals surface area contributed by atoms with Crippen LogP contribution in [0.2, 0.25) is 0 Å². The summed E-state index contributed by atoms with van der Waals surface area (Å²) in [6.45, 7) is 0. The van der Waals surface area contributed by atoms with Gasteiger partial charge in [-0.1, -0.05) is 40.9 Å². The van der Waals surface area contributed by atoms with Crippen LogP contribution in [0.15, 0.2) is 48.5 Å². The summed E-state index contributed by atoms with van der Waals surface area (Å²) in [4.78, 5) is 4.33. The van der Waals surface area contributed by atoms with E-state index in [4.69, 9.17) is 10.9 Å². The van der Waals surface area contributed by atoms with Gasteiger partial charge in [-0.15, -0.1) is 0 Å². The van der Waals surface area contributed by atoms with E-state index in [1.54, 1.807) is 24.3 Å². The van der Waals surface area contributed by atoms with Gasteiger partial charge < -0.3 is 10.6 Å². The molecule has 2 aromatic rings. The molecule has 0 amide bonds. The van der Waals surface area contributed by atoms with Gasteiger partial charge in [0.25, 0.3) is 0 Å².